The van der Waals surface area contributed by atoms with E-state index in [2.05, 4.69) is 29.0 Å². The van der Waals surface area contributed by atoms with Gasteiger partial charge in [0.25, 0.3) is 0 Å². The number of aromatic nitrogens is 2. The van der Waals surface area contributed by atoms with Gasteiger partial charge in [-0.25, -0.2) is 4.79 Å². The number of hydrogen-bond acceptors (Lipinski definition) is 3. The van der Waals surface area contributed by atoms with E-state index < -0.39 is 0 Å². The molecular weight excluding hydrogens is 352 g/mol. The van der Waals surface area contributed by atoms with Crippen LogP contribution in [0.1, 0.15) is 61.4 Å². The number of ether oxygens (including phenoxy) is 1. The fourth-order valence-corrected chi connectivity index (χ4v) is 4.18. The number of benzene rings is 1. The minimum Gasteiger partial charge on any atom is -0.370 e. The molecule has 1 saturated carbocycles. The van der Waals surface area contributed by atoms with Crippen LogP contribution in [0.5, 0.6) is 0 Å². The molecule has 1 atom stereocenters. The van der Waals surface area contributed by atoms with Crippen molar-refractivity contribution < 1.29 is 9.53 Å². The lowest BCUT2D eigenvalue weighted by atomic mass is 10.1. The van der Waals surface area contributed by atoms with Gasteiger partial charge in [-0.05, 0) is 30.4 Å². The third kappa shape index (κ3) is 4.93. The van der Waals surface area contributed by atoms with Crippen molar-refractivity contribution in [3.05, 3.63) is 53.3 Å². The van der Waals surface area contributed by atoms with E-state index in [-0.39, 0.29) is 12.1 Å². The number of carbonyl (C=O) groups is 1. The zero-order valence-electron chi connectivity index (χ0n) is 16.4. The second kappa shape index (κ2) is 9.24. The maximum atomic E-state index is 12.3. The van der Waals surface area contributed by atoms with Gasteiger partial charge in [-0.2, -0.15) is 5.10 Å². The van der Waals surface area contributed by atoms with E-state index in [1.165, 1.54) is 36.8 Å². The Kier molecular flexibility index (Phi) is 6.27. The van der Waals surface area contributed by atoms with Gasteiger partial charge in [0.2, 0.25) is 0 Å². The molecule has 6 nitrogen and oxygen atoms in total. The lowest BCUT2D eigenvalue weighted by Gasteiger charge is -2.23. The summed E-state index contributed by atoms with van der Waals surface area (Å²) in [5.74, 6) is 0. The molecule has 1 aliphatic carbocycles. The molecular formula is C22H30N4O2. The molecule has 6 heteroatoms. The van der Waals surface area contributed by atoms with E-state index in [9.17, 15) is 4.79 Å². The van der Waals surface area contributed by atoms with Crippen LogP contribution in [0.2, 0.25) is 0 Å². The summed E-state index contributed by atoms with van der Waals surface area (Å²) in [6.45, 7) is 1.87. The fraction of sp³-hybridized carbons (Fsp3) is 0.545. The van der Waals surface area contributed by atoms with Crippen molar-refractivity contribution in [2.45, 2.75) is 63.6 Å². The molecule has 1 aromatic carbocycles. The standard InChI is InChI=1S/C22H30N4O2/c27-22(24-19-10-6-1-2-7-11-19)23-14-20-21-18(12-13-28-20)16-26(25-21)15-17-8-4-3-5-9-17/h3-5,8-9,16,19-20H,1-2,6-7,10-15H2,(H2,23,24,27)/t20-/m1/s1. The van der Waals surface area contributed by atoms with Gasteiger partial charge in [0.1, 0.15) is 6.10 Å². The molecule has 2 N–H and O–H groups in total. The largest absolute Gasteiger partial charge is 0.370 e. The molecule has 0 unspecified atom stereocenters. The topological polar surface area (TPSA) is 68.2 Å². The summed E-state index contributed by atoms with van der Waals surface area (Å²) < 4.78 is 7.89. The zero-order chi connectivity index (χ0) is 19.2. The number of amides is 2. The van der Waals surface area contributed by atoms with Crippen LogP contribution in [0, 0.1) is 0 Å². The molecule has 4 rings (SSSR count). The lowest BCUT2D eigenvalue weighted by Crippen LogP contribution is -2.43. The number of urea groups is 1. The highest BCUT2D eigenvalue weighted by molar-refractivity contribution is 5.74. The Morgan fingerprint density at radius 2 is 1.93 bits per heavy atom. The monoisotopic (exact) mass is 382 g/mol. The number of nitrogens with one attached hydrogen (secondary N) is 2. The summed E-state index contributed by atoms with van der Waals surface area (Å²) in [7, 11) is 0. The molecule has 0 bridgehead atoms. The van der Waals surface area contributed by atoms with Crippen LogP contribution in [0.15, 0.2) is 36.5 Å². The maximum absolute atomic E-state index is 12.3. The molecule has 0 spiro atoms. The zero-order valence-corrected chi connectivity index (χ0v) is 16.4. The highest BCUT2D eigenvalue weighted by Gasteiger charge is 2.25. The SMILES string of the molecule is O=C(NC[C@H]1OCCc2cn(Cc3ccccc3)nc21)NC1CCCCCC1. The van der Waals surface area contributed by atoms with Crippen molar-refractivity contribution in [3.8, 4) is 0 Å². The molecule has 0 radical (unpaired) electrons. The van der Waals surface area contributed by atoms with Crippen molar-refractivity contribution in [2.24, 2.45) is 0 Å². The van der Waals surface area contributed by atoms with Crippen LogP contribution in [0.25, 0.3) is 0 Å². The van der Waals surface area contributed by atoms with Gasteiger partial charge in [-0.1, -0.05) is 56.0 Å². The van der Waals surface area contributed by atoms with Gasteiger partial charge >= 0.3 is 6.03 Å². The van der Waals surface area contributed by atoms with Crippen molar-refractivity contribution >= 4 is 6.03 Å². The van der Waals surface area contributed by atoms with Gasteiger partial charge in [-0.3, -0.25) is 4.68 Å². The lowest BCUT2D eigenvalue weighted by molar-refractivity contribution is 0.0410. The van der Waals surface area contributed by atoms with Gasteiger partial charge in [-0.15, -0.1) is 0 Å². The van der Waals surface area contributed by atoms with E-state index in [1.807, 2.05) is 22.9 Å². The first kappa shape index (κ1) is 19.0. The van der Waals surface area contributed by atoms with E-state index in [0.717, 1.165) is 31.5 Å². The minimum atomic E-state index is -0.180. The molecule has 1 aromatic heterocycles. The number of fused-ring (bicyclic) bond motifs is 1. The first-order chi connectivity index (χ1) is 13.8. The van der Waals surface area contributed by atoms with Crippen LogP contribution in [0.4, 0.5) is 4.79 Å². The van der Waals surface area contributed by atoms with Crippen LogP contribution >= 0.6 is 0 Å². The Morgan fingerprint density at radius 1 is 1.14 bits per heavy atom. The average molecular weight is 383 g/mol. The number of rotatable bonds is 5. The highest BCUT2D eigenvalue weighted by Crippen LogP contribution is 2.25. The Balaban J connectivity index is 1.33. The molecule has 2 aliphatic rings. The van der Waals surface area contributed by atoms with E-state index >= 15 is 0 Å². The van der Waals surface area contributed by atoms with Gasteiger partial charge in [0, 0.05) is 12.2 Å². The van der Waals surface area contributed by atoms with Gasteiger partial charge in [0.15, 0.2) is 0 Å². The third-order valence-electron chi connectivity index (χ3n) is 5.69. The molecule has 150 valence electrons. The molecule has 2 heterocycles. The summed E-state index contributed by atoms with van der Waals surface area (Å²) >= 11 is 0. The summed E-state index contributed by atoms with van der Waals surface area (Å²) in [5.41, 5.74) is 3.40. The molecule has 2 aromatic rings. The summed E-state index contributed by atoms with van der Waals surface area (Å²) in [5, 5.41) is 10.9. The Labute approximate surface area is 166 Å². The number of nitrogens with zero attached hydrogens (tertiary/aromatic N) is 2. The van der Waals surface area contributed by atoms with Crippen molar-refractivity contribution in [1.82, 2.24) is 20.4 Å². The van der Waals surface area contributed by atoms with Crippen molar-refractivity contribution in [2.75, 3.05) is 13.2 Å². The average Bonchev–Trinajstić information content (AvgIpc) is 2.94. The van der Waals surface area contributed by atoms with E-state index in [1.54, 1.807) is 0 Å². The number of hydrogen-bond donors (Lipinski definition) is 2. The Hall–Kier alpha value is -2.34. The first-order valence-corrected chi connectivity index (χ1v) is 10.5. The fourth-order valence-electron chi connectivity index (χ4n) is 4.18. The first-order valence-electron chi connectivity index (χ1n) is 10.5. The van der Waals surface area contributed by atoms with Gasteiger partial charge in [0.05, 0.1) is 25.4 Å². The number of carbonyl (C=O) groups excluding carboxylic acids is 1. The van der Waals surface area contributed by atoms with Crippen LogP contribution in [0.3, 0.4) is 0 Å². The van der Waals surface area contributed by atoms with Crippen molar-refractivity contribution in [3.63, 3.8) is 0 Å². The maximum Gasteiger partial charge on any atom is 0.315 e. The highest BCUT2D eigenvalue weighted by atomic mass is 16.5. The van der Waals surface area contributed by atoms with E-state index in [0.29, 0.717) is 19.2 Å². The summed E-state index contributed by atoms with van der Waals surface area (Å²) in [6, 6.07) is 10.5. The smallest absolute Gasteiger partial charge is 0.315 e. The van der Waals surface area contributed by atoms with Gasteiger partial charge < -0.3 is 15.4 Å². The Bertz CT molecular complexity index is 766. The third-order valence-corrected chi connectivity index (χ3v) is 5.69. The molecule has 0 saturated heterocycles. The minimum absolute atomic E-state index is 0.0914. The summed E-state index contributed by atoms with van der Waals surface area (Å²) in [6.07, 6.45) is 9.95. The molecule has 28 heavy (non-hydrogen) atoms. The van der Waals surface area contributed by atoms with Crippen LogP contribution in [-0.2, 0) is 17.7 Å². The van der Waals surface area contributed by atoms with Crippen LogP contribution < -0.4 is 10.6 Å². The molecule has 1 aliphatic heterocycles. The predicted octanol–water partition coefficient (Wildman–Crippen LogP) is 3.57. The second-order valence-electron chi connectivity index (χ2n) is 7.88. The van der Waals surface area contributed by atoms with E-state index in [4.69, 9.17) is 9.84 Å². The normalized spacial score (nSPS) is 20.2. The molecule has 1 fully saturated rings. The molecule has 2 amide bonds. The van der Waals surface area contributed by atoms with Crippen molar-refractivity contribution in [1.29, 1.82) is 0 Å². The quantitative estimate of drug-likeness (QED) is 0.777. The second-order valence-corrected chi connectivity index (χ2v) is 7.88. The van der Waals surface area contributed by atoms with Crippen LogP contribution in [-0.4, -0.2) is 35.0 Å². The predicted molar refractivity (Wildman–Crippen MR) is 108 cm³/mol. The summed E-state index contributed by atoms with van der Waals surface area (Å²) in [4.78, 5) is 12.3. The Morgan fingerprint density at radius 3 is 2.71 bits per heavy atom.